The minimum Gasteiger partial charge on any atom is -0.391 e. The van der Waals surface area contributed by atoms with Crippen LogP contribution in [-0.4, -0.2) is 48.3 Å². The van der Waals surface area contributed by atoms with Crippen molar-refractivity contribution in [1.29, 1.82) is 0 Å². The van der Waals surface area contributed by atoms with E-state index in [2.05, 4.69) is 52.7 Å². The van der Waals surface area contributed by atoms with Gasteiger partial charge >= 0.3 is 0 Å². The second kappa shape index (κ2) is 9.71. The number of piperidine rings is 1. The highest BCUT2D eigenvalue weighted by Gasteiger charge is 2.19. The summed E-state index contributed by atoms with van der Waals surface area (Å²) in [4.78, 5) is 2.56. The summed E-state index contributed by atoms with van der Waals surface area (Å²) in [6.07, 6.45) is 3.90. The summed E-state index contributed by atoms with van der Waals surface area (Å²) in [5.41, 5.74) is 2.62. The van der Waals surface area contributed by atoms with Crippen LogP contribution in [0.25, 0.3) is 0 Å². The van der Waals surface area contributed by atoms with Crippen LogP contribution >= 0.6 is 0 Å². The van der Waals surface area contributed by atoms with Crippen molar-refractivity contribution < 1.29 is 5.11 Å². The van der Waals surface area contributed by atoms with Crippen LogP contribution in [0.5, 0.6) is 0 Å². The van der Waals surface area contributed by atoms with E-state index < -0.39 is 0 Å². The largest absolute Gasteiger partial charge is 0.391 e. The molecule has 1 saturated heterocycles. The molecule has 0 amide bonds. The van der Waals surface area contributed by atoms with Crippen molar-refractivity contribution in [3.05, 3.63) is 71.8 Å². The fraction of sp³-hybridized carbons (Fsp3) is 0.455. The van der Waals surface area contributed by atoms with Crippen LogP contribution in [0.2, 0.25) is 0 Å². The standard InChI is InChI=1S/C22H30N2O/c25-22(17-20-9-5-2-6-10-20)18-23-21-12-15-24(16-13-21)14-11-19-7-3-1-4-8-19/h1-10,21-23,25H,11-18H2. The van der Waals surface area contributed by atoms with Gasteiger partial charge in [0.2, 0.25) is 0 Å². The molecule has 1 aliphatic rings. The Labute approximate surface area is 151 Å². The summed E-state index contributed by atoms with van der Waals surface area (Å²) in [7, 11) is 0. The van der Waals surface area contributed by atoms with Crippen molar-refractivity contribution in [2.45, 2.75) is 37.8 Å². The Morgan fingerprint density at radius 2 is 1.52 bits per heavy atom. The number of nitrogens with one attached hydrogen (secondary N) is 1. The van der Waals surface area contributed by atoms with Gasteiger partial charge in [-0.1, -0.05) is 60.7 Å². The Bertz CT molecular complexity index is 594. The molecule has 1 aliphatic heterocycles. The van der Waals surface area contributed by atoms with Crippen LogP contribution in [0.15, 0.2) is 60.7 Å². The predicted octanol–water partition coefficient (Wildman–Crippen LogP) is 2.89. The van der Waals surface area contributed by atoms with Crippen molar-refractivity contribution in [2.75, 3.05) is 26.2 Å². The van der Waals surface area contributed by atoms with Gasteiger partial charge < -0.3 is 15.3 Å². The lowest BCUT2D eigenvalue weighted by Gasteiger charge is -2.33. The zero-order valence-corrected chi connectivity index (χ0v) is 15.0. The van der Waals surface area contributed by atoms with Gasteiger partial charge in [0.1, 0.15) is 0 Å². The van der Waals surface area contributed by atoms with E-state index in [1.54, 1.807) is 0 Å². The van der Waals surface area contributed by atoms with Gasteiger partial charge in [0.15, 0.2) is 0 Å². The molecule has 0 radical (unpaired) electrons. The van der Waals surface area contributed by atoms with Crippen LogP contribution in [0.1, 0.15) is 24.0 Å². The SMILES string of the molecule is OC(CNC1CCN(CCc2ccccc2)CC1)Cc1ccccc1. The molecule has 2 aromatic carbocycles. The molecule has 134 valence electrons. The summed E-state index contributed by atoms with van der Waals surface area (Å²) < 4.78 is 0. The smallest absolute Gasteiger partial charge is 0.0704 e. The minimum absolute atomic E-state index is 0.307. The second-order valence-electron chi connectivity index (χ2n) is 7.10. The summed E-state index contributed by atoms with van der Waals surface area (Å²) >= 11 is 0. The number of hydrogen-bond acceptors (Lipinski definition) is 3. The molecule has 2 aromatic rings. The third-order valence-electron chi connectivity index (χ3n) is 5.10. The first-order valence-corrected chi connectivity index (χ1v) is 9.51. The Balaban J connectivity index is 1.31. The van der Waals surface area contributed by atoms with Crippen LogP contribution in [0.3, 0.4) is 0 Å². The van der Waals surface area contributed by atoms with Crippen molar-refractivity contribution in [3.8, 4) is 0 Å². The zero-order valence-electron chi connectivity index (χ0n) is 15.0. The maximum atomic E-state index is 10.2. The third kappa shape index (κ3) is 6.28. The average molecular weight is 338 g/mol. The van der Waals surface area contributed by atoms with Gasteiger partial charge in [0.25, 0.3) is 0 Å². The Morgan fingerprint density at radius 1 is 0.920 bits per heavy atom. The van der Waals surface area contributed by atoms with E-state index in [0.717, 1.165) is 32.5 Å². The van der Waals surface area contributed by atoms with E-state index in [9.17, 15) is 5.11 Å². The second-order valence-corrected chi connectivity index (χ2v) is 7.10. The van der Waals surface area contributed by atoms with Crippen LogP contribution in [0, 0.1) is 0 Å². The molecule has 0 saturated carbocycles. The van der Waals surface area contributed by atoms with Gasteiger partial charge in [0.05, 0.1) is 6.10 Å². The molecule has 1 heterocycles. The fourth-order valence-electron chi connectivity index (χ4n) is 3.55. The first-order valence-electron chi connectivity index (χ1n) is 9.51. The van der Waals surface area contributed by atoms with Gasteiger partial charge in [0, 0.05) is 19.1 Å². The van der Waals surface area contributed by atoms with Gasteiger partial charge in [-0.15, -0.1) is 0 Å². The predicted molar refractivity (Wildman–Crippen MR) is 104 cm³/mol. The van der Waals surface area contributed by atoms with Gasteiger partial charge in [-0.25, -0.2) is 0 Å². The zero-order chi connectivity index (χ0) is 17.3. The molecule has 0 aromatic heterocycles. The molecule has 1 fully saturated rings. The van der Waals surface area contributed by atoms with Crippen molar-refractivity contribution in [1.82, 2.24) is 10.2 Å². The number of benzene rings is 2. The normalized spacial score (nSPS) is 17.5. The van der Waals surface area contributed by atoms with E-state index in [0.29, 0.717) is 12.6 Å². The minimum atomic E-state index is -0.307. The molecule has 1 unspecified atom stereocenters. The summed E-state index contributed by atoms with van der Waals surface area (Å²) in [6, 6.07) is 21.5. The molecule has 3 heteroatoms. The maximum absolute atomic E-state index is 10.2. The molecule has 2 N–H and O–H groups in total. The number of aliphatic hydroxyl groups excluding tert-OH is 1. The molecule has 0 bridgehead atoms. The van der Waals surface area contributed by atoms with Crippen LogP contribution < -0.4 is 5.32 Å². The highest BCUT2D eigenvalue weighted by molar-refractivity contribution is 5.16. The van der Waals surface area contributed by atoms with Gasteiger partial charge in [-0.2, -0.15) is 0 Å². The van der Waals surface area contributed by atoms with E-state index in [-0.39, 0.29) is 6.10 Å². The fourth-order valence-corrected chi connectivity index (χ4v) is 3.55. The Hall–Kier alpha value is -1.68. The summed E-state index contributed by atoms with van der Waals surface area (Å²) in [5.74, 6) is 0. The first-order chi connectivity index (χ1) is 12.3. The Kier molecular flexibility index (Phi) is 7.04. The van der Waals surface area contributed by atoms with Crippen LogP contribution in [0.4, 0.5) is 0 Å². The summed E-state index contributed by atoms with van der Waals surface area (Å²) in [6.45, 7) is 4.13. The summed E-state index contributed by atoms with van der Waals surface area (Å²) in [5, 5.41) is 13.8. The molecule has 1 atom stereocenters. The Morgan fingerprint density at radius 3 is 2.16 bits per heavy atom. The quantitative estimate of drug-likeness (QED) is 0.777. The lowest BCUT2D eigenvalue weighted by atomic mass is 10.0. The van der Waals surface area contributed by atoms with Crippen molar-refractivity contribution >= 4 is 0 Å². The van der Waals surface area contributed by atoms with Gasteiger partial charge in [-0.05, 0) is 49.9 Å². The number of rotatable bonds is 8. The molecule has 0 aliphatic carbocycles. The van der Waals surface area contributed by atoms with E-state index in [1.807, 2.05) is 18.2 Å². The van der Waals surface area contributed by atoms with E-state index >= 15 is 0 Å². The number of hydrogen-bond donors (Lipinski definition) is 2. The number of nitrogens with zero attached hydrogens (tertiary/aromatic N) is 1. The topological polar surface area (TPSA) is 35.5 Å². The molecule has 25 heavy (non-hydrogen) atoms. The molecular formula is C22H30N2O. The lowest BCUT2D eigenvalue weighted by Crippen LogP contribution is -2.45. The lowest BCUT2D eigenvalue weighted by molar-refractivity contribution is 0.150. The molecule has 3 rings (SSSR count). The van der Waals surface area contributed by atoms with Crippen molar-refractivity contribution in [2.24, 2.45) is 0 Å². The van der Waals surface area contributed by atoms with E-state index in [4.69, 9.17) is 0 Å². The van der Waals surface area contributed by atoms with Gasteiger partial charge in [-0.3, -0.25) is 0 Å². The number of likely N-dealkylation sites (tertiary alicyclic amines) is 1. The highest BCUT2D eigenvalue weighted by Crippen LogP contribution is 2.12. The molecule has 0 spiro atoms. The maximum Gasteiger partial charge on any atom is 0.0704 e. The number of aliphatic hydroxyl groups is 1. The van der Waals surface area contributed by atoms with Crippen molar-refractivity contribution in [3.63, 3.8) is 0 Å². The average Bonchev–Trinajstić information content (AvgIpc) is 2.67. The molecule has 3 nitrogen and oxygen atoms in total. The van der Waals surface area contributed by atoms with Crippen LogP contribution in [-0.2, 0) is 12.8 Å². The van der Waals surface area contributed by atoms with E-state index in [1.165, 1.54) is 24.0 Å². The molecular weight excluding hydrogens is 308 g/mol. The monoisotopic (exact) mass is 338 g/mol. The first kappa shape index (κ1) is 18.1. The highest BCUT2D eigenvalue weighted by atomic mass is 16.3. The third-order valence-corrected chi connectivity index (χ3v) is 5.10.